The van der Waals surface area contributed by atoms with E-state index in [-0.39, 0.29) is 11.8 Å². The molecule has 0 radical (unpaired) electrons. The van der Waals surface area contributed by atoms with E-state index in [1.807, 2.05) is 32.0 Å². The quantitative estimate of drug-likeness (QED) is 0.858. The fraction of sp³-hybridized carbons (Fsp3) is 0.375. The van der Waals surface area contributed by atoms with Gasteiger partial charge in [-0.2, -0.15) is 5.10 Å². The third-order valence-electron chi connectivity index (χ3n) is 3.79. The zero-order valence-corrected chi connectivity index (χ0v) is 13.8. The van der Waals surface area contributed by atoms with Crippen LogP contribution in [-0.4, -0.2) is 22.1 Å². The monoisotopic (exact) mass is 347 g/mol. The first-order chi connectivity index (χ1) is 10.1. The van der Waals surface area contributed by atoms with E-state index in [1.165, 1.54) is 0 Å². The third-order valence-corrected chi connectivity index (χ3v) is 4.37. The van der Waals surface area contributed by atoms with Crippen LogP contribution >= 0.6 is 15.9 Å². The minimum absolute atomic E-state index is 0.0358. The maximum atomic E-state index is 13.0. The van der Waals surface area contributed by atoms with Crippen molar-refractivity contribution in [1.82, 2.24) is 9.78 Å². The van der Waals surface area contributed by atoms with Crippen molar-refractivity contribution in [2.45, 2.75) is 32.7 Å². The lowest BCUT2D eigenvalue weighted by Gasteiger charge is -2.21. The minimum atomic E-state index is 0.0358. The van der Waals surface area contributed by atoms with Gasteiger partial charge < -0.3 is 5.32 Å². The Labute approximate surface area is 132 Å². The highest BCUT2D eigenvalue weighted by molar-refractivity contribution is 9.10. The first kappa shape index (κ1) is 14.3. The van der Waals surface area contributed by atoms with Crippen molar-refractivity contribution in [2.75, 3.05) is 11.9 Å². The number of rotatable bonds is 3. The first-order valence-electron chi connectivity index (χ1n) is 7.23. The van der Waals surface area contributed by atoms with Gasteiger partial charge in [-0.15, -0.1) is 0 Å². The zero-order valence-electron chi connectivity index (χ0n) is 12.2. The van der Waals surface area contributed by atoms with Gasteiger partial charge in [0.1, 0.15) is 5.69 Å². The van der Waals surface area contributed by atoms with Crippen LogP contribution in [0.25, 0.3) is 0 Å². The highest BCUT2D eigenvalue weighted by Gasteiger charge is 2.24. The Hall–Kier alpha value is -1.62. The number of hydrogen-bond acceptors (Lipinski definition) is 3. The molecular weight excluding hydrogens is 330 g/mol. The van der Waals surface area contributed by atoms with Crippen molar-refractivity contribution in [3.8, 4) is 0 Å². The molecule has 2 aromatic rings. The molecule has 110 valence electrons. The van der Waals surface area contributed by atoms with Gasteiger partial charge in [0.05, 0.1) is 10.7 Å². The summed E-state index contributed by atoms with van der Waals surface area (Å²) >= 11 is 3.46. The maximum Gasteiger partial charge on any atom is 0.212 e. The first-order valence-corrected chi connectivity index (χ1v) is 8.02. The summed E-state index contributed by atoms with van der Waals surface area (Å²) in [5.74, 6) is 0.0358. The number of anilines is 1. The van der Waals surface area contributed by atoms with Gasteiger partial charge >= 0.3 is 0 Å². The number of aromatic nitrogens is 2. The molecule has 2 heterocycles. The largest absolute Gasteiger partial charge is 0.385 e. The molecule has 1 N–H and O–H groups in total. The molecule has 1 aromatic heterocycles. The number of nitrogens with one attached hydrogen (secondary N) is 1. The van der Waals surface area contributed by atoms with Gasteiger partial charge in [-0.05, 0) is 54.2 Å². The van der Waals surface area contributed by atoms with Crippen LogP contribution < -0.4 is 5.32 Å². The van der Waals surface area contributed by atoms with Crippen molar-refractivity contribution in [1.29, 1.82) is 0 Å². The molecular formula is C16H18BrN3O. The topological polar surface area (TPSA) is 46.9 Å². The zero-order chi connectivity index (χ0) is 15.0. The summed E-state index contributed by atoms with van der Waals surface area (Å²) < 4.78 is 2.53. The number of carbonyl (C=O) groups excluding carboxylic acids is 1. The van der Waals surface area contributed by atoms with Crippen LogP contribution in [0.1, 0.15) is 47.9 Å². The Kier molecular flexibility index (Phi) is 3.85. The van der Waals surface area contributed by atoms with E-state index in [2.05, 4.69) is 26.3 Å². The van der Waals surface area contributed by atoms with Gasteiger partial charge in [0.25, 0.3) is 0 Å². The van der Waals surface area contributed by atoms with Crippen molar-refractivity contribution in [3.63, 3.8) is 0 Å². The smallest absolute Gasteiger partial charge is 0.212 e. The second kappa shape index (κ2) is 5.64. The van der Waals surface area contributed by atoms with Gasteiger partial charge in [-0.3, -0.25) is 9.48 Å². The molecule has 21 heavy (non-hydrogen) atoms. The molecule has 0 atom stereocenters. The standard InChI is InChI=1S/C16H18BrN3O/c1-10(2)20-15(13(17)9-19-20)16(21)12-5-3-7-14-11(12)6-4-8-18-14/h3,5,7,9-10,18H,4,6,8H2,1-2H3. The van der Waals surface area contributed by atoms with Crippen molar-refractivity contribution in [2.24, 2.45) is 0 Å². The number of hydrogen-bond donors (Lipinski definition) is 1. The molecule has 0 saturated carbocycles. The van der Waals surface area contributed by atoms with Crippen LogP contribution in [0.5, 0.6) is 0 Å². The van der Waals surface area contributed by atoms with E-state index in [0.29, 0.717) is 5.69 Å². The molecule has 4 nitrogen and oxygen atoms in total. The van der Waals surface area contributed by atoms with E-state index >= 15 is 0 Å². The molecule has 1 aliphatic heterocycles. The number of nitrogens with zero attached hydrogens (tertiary/aromatic N) is 2. The predicted octanol–water partition coefficient (Wildman–Crippen LogP) is 3.82. The second-order valence-corrected chi connectivity index (χ2v) is 6.42. The lowest BCUT2D eigenvalue weighted by molar-refractivity contribution is 0.102. The highest BCUT2D eigenvalue weighted by atomic mass is 79.9. The molecule has 5 heteroatoms. The number of benzene rings is 1. The van der Waals surface area contributed by atoms with Crippen molar-refractivity contribution in [3.05, 3.63) is 45.7 Å². The number of fused-ring (bicyclic) bond motifs is 1. The fourth-order valence-corrected chi connectivity index (χ4v) is 3.25. The van der Waals surface area contributed by atoms with Crippen LogP contribution in [0.3, 0.4) is 0 Å². The Morgan fingerprint density at radius 2 is 2.24 bits per heavy atom. The van der Waals surface area contributed by atoms with E-state index in [4.69, 9.17) is 0 Å². The van der Waals surface area contributed by atoms with Gasteiger partial charge in [0, 0.05) is 23.8 Å². The van der Waals surface area contributed by atoms with Crippen molar-refractivity contribution < 1.29 is 4.79 Å². The van der Waals surface area contributed by atoms with Crippen LogP contribution in [0, 0.1) is 0 Å². The summed E-state index contributed by atoms with van der Waals surface area (Å²) in [4.78, 5) is 13.0. The summed E-state index contributed by atoms with van der Waals surface area (Å²) in [6.45, 7) is 5.02. The lowest BCUT2D eigenvalue weighted by atomic mass is 9.94. The Balaban J connectivity index is 2.10. The summed E-state index contributed by atoms with van der Waals surface area (Å²) in [6.07, 6.45) is 3.69. The normalized spacial score (nSPS) is 13.9. The molecule has 0 spiro atoms. The Bertz CT molecular complexity index is 691. The SMILES string of the molecule is CC(C)n1ncc(Br)c1C(=O)c1cccc2c1CCCN2. The lowest BCUT2D eigenvalue weighted by Crippen LogP contribution is -2.19. The summed E-state index contributed by atoms with van der Waals surface area (Å²) in [5, 5.41) is 7.68. The van der Waals surface area contributed by atoms with Crippen LogP contribution in [0.4, 0.5) is 5.69 Å². The summed E-state index contributed by atoms with van der Waals surface area (Å²) in [5.41, 5.74) is 3.61. The predicted molar refractivity (Wildman–Crippen MR) is 87.0 cm³/mol. The molecule has 3 rings (SSSR count). The maximum absolute atomic E-state index is 13.0. The third kappa shape index (κ3) is 2.50. The van der Waals surface area contributed by atoms with Gasteiger partial charge in [0.2, 0.25) is 5.78 Å². The Morgan fingerprint density at radius 1 is 1.43 bits per heavy atom. The fourth-order valence-electron chi connectivity index (χ4n) is 2.80. The average Bonchev–Trinajstić information content (AvgIpc) is 2.88. The van der Waals surface area contributed by atoms with Crippen LogP contribution in [0.15, 0.2) is 28.9 Å². The van der Waals surface area contributed by atoms with E-state index in [9.17, 15) is 4.79 Å². The van der Waals surface area contributed by atoms with Crippen LogP contribution in [-0.2, 0) is 6.42 Å². The van der Waals surface area contributed by atoms with Gasteiger partial charge in [0.15, 0.2) is 0 Å². The average molecular weight is 348 g/mol. The molecule has 0 bridgehead atoms. The van der Waals surface area contributed by atoms with E-state index < -0.39 is 0 Å². The molecule has 0 unspecified atom stereocenters. The second-order valence-electron chi connectivity index (χ2n) is 5.57. The van der Waals surface area contributed by atoms with E-state index in [1.54, 1.807) is 10.9 Å². The Morgan fingerprint density at radius 3 is 3.00 bits per heavy atom. The molecule has 1 aliphatic rings. The summed E-state index contributed by atoms with van der Waals surface area (Å²) in [6, 6.07) is 6.04. The molecule has 1 aromatic carbocycles. The molecule has 0 aliphatic carbocycles. The van der Waals surface area contributed by atoms with Gasteiger partial charge in [-0.1, -0.05) is 12.1 Å². The number of carbonyl (C=O) groups is 1. The number of halogens is 1. The van der Waals surface area contributed by atoms with Gasteiger partial charge in [-0.25, -0.2) is 0 Å². The minimum Gasteiger partial charge on any atom is -0.385 e. The molecule has 0 saturated heterocycles. The van der Waals surface area contributed by atoms with E-state index in [0.717, 1.165) is 40.7 Å². The molecule has 0 fully saturated rings. The molecule has 0 amide bonds. The highest BCUT2D eigenvalue weighted by Crippen LogP contribution is 2.29. The van der Waals surface area contributed by atoms with Crippen LogP contribution in [0.2, 0.25) is 0 Å². The van der Waals surface area contributed by atoms with Crippen molar-refractivity contribution >= 4 is 27.4 Å². The number of ketones is 1. The summed E-state index contributed by atoms with van der Waals surface area (Å²) in [7, 11) is 0.